The molecule has 2 aromatic heterocycles. The maximum atomic E-state index is 12.9. The van der Waals surface area contributed by atoms with Crippen LogP contribution < -0.4 is 0 Å². The summed E-state index contributed by atoms with van der Waals surface area (Å²) in [6.45, 7) is 2.57. The predicted molar refractivity (Wildman–Crippen MR) is 125 cm³/mol. The number of halogens is 4. The van der Waals surface area contributed by atoms with Gasteiger partial charge in [-0.3, -0.25) is 4.79 Å². The number of alkyl halides is 3. The average Bonchev–Trinajstić information content (AvgIpc) is 3.23. The van der Waals surface area contributed by atoms with Crippen molar-refractivity contribution in [3.63, 3.8) is 0 Å². The van der Waals surface area contributed by atoms with Crippen LogP contribution in [0.15, 0.2) is 59.8 Å². The highest BCUT2D eigenvalue weighted by molar-refractivity contribution is 7.99. The Morgan fingerprint density at radius 3 is 2.48 bits per heavy atom. The molecule has 0 N–H and O–H groups in total. The number of carbonyl (C=O) groups is 1. The molecule has 4 rings (SSSR count). The molecule has 2 heterocycles. The second-order valence-corrected chi connectivity index (χ2v) is 9.18. The number of carbonyl (C=O) groups excluding carboxylic acids is 1. The van der Waals surface area contributed by atoms with E-state index in [2.05, 4.69) is 4.98 Å². The van der Waals surface area contributed by atoms with Crippen molar-refractivity contribution in [1.29, 1.82) is 0 Å². The quantitative estimate of drug-likeness (QED) is 0.213. The van der Waals surface area contributed by atoms with Crippen LogP contribution in [0.25, 0.3) is 11.0 Å². The molecule has 4 nitrogen and oxygen atoms in total. The van der Waals surface area contributed by atoms with Crippen LogP contribution in [0.1, 0.15) is 27.3 Å². The number of benzene rings is 2. The maximum Gasteiger partial charge on any atom is 0.406 e. The van der Waals surface area contributed by atoms with Crippen molar-refractivity contribution in [1.82, 2.24) is 14.1 Å². The molecule has 0 atom stereocenters. The molecule has 0 aliphatic heterocycles. The predicted octanol–water partition coefficient (Wildman–Crippen LogP) is 6.69. The molecule has 0 saturated carbocycles. The minimum Gasteiger partial charge on any atom is -0.339 e. The topological polar surface area (TPSA) is 39.8 Å². The SMILES string of the molecule is Cc1cc(C(=O)CSc2nc3cc(Cl)ccc3n2Cc2ccccc2)c(C)n1CC(F)(F)F. The van der Waals surface area contributed by atoms with Gasteiger partial charge in [-0.1, -0.05) is 53.7 Å². The average molecular weight is 492 g/mol. The van der Waals surface area contributed by atoms with Crippen LogP contribution >= 0.6 is 23.4 Å². The Kier molecular flexibility index (Phi) is 6.59. The first-order valence-corrected chi connectivity index (χ1v) is 11.6. The van der Waals surface area contributed by atoms with E-state index in [1.807, 2.05) is 41.0 Å². The van der Waals surface area contributed by atoms with Crippen LogP contribution in [0.2, 0.25) is 5.02 Å². The molecule has 0 aliphatic carbocycles. The molecule has 33 heavy (non-hydrogen) atoms. The number of Topliss-reactive ketones (excluding diaryl/α,β-unsaturated/α-hetero) is 1. The molecule has 2 aromatic carbocycles. The summed E-state index contributed by atoms with van der Waals surface area (Å²) in [4.78, 5) is 17.6. The highest BCUT2D eigenvalue weighted by atomic mass is 35.5. The van der Waals surface area contributed by atoms with Gasteiger partial charge in [0.05, 0.1) is 23.3 Å². The van der Waals surface area contributed by atoms with E-state index in [1.165, 1.54) is 17.8 Å². The first kappa shape index (κ1) is 23.4. The monoisotopic (exact) mass is 491 g/mol. The third-order valence-corrected chi connectivity index (χ3v) is 6.61. The normalized spacial score (nSPS) is 11.9. The van der Waals surface area contributed by atoms with E-state index < -0.39 is 12.7 Å². The Labute approximate surface area is 198 Å². The van der Waals surface area contributed by atoms with Crippen LogP contribution in [0.4, 0.5) is 13.2 Å². The fourth-order valence-corrected chi connectivity index (χ4v) is 4.89. The van der Waals surface area contributed by atoms with Gasteiger partial charge in [0.1, 0.15) is 6.54 Å². The summed E-state index contributed by atoms with van der Waals surface area (Å²) >= 11 is 7.40. The molecule has 0 spiro atoms. The van der Waals surface area contributed by atoms with Gasteiger partial charge in [0.15, 0.2) is 10.9 Å². The van der Waals surface area contributed by atoms with Crippen molar-refractivity contribution < 1.29 is 18.0 Å². The van der Waals surface area contributed by atoms with Crippen LogP contribution in [0, 0.1) is 13.8 Å². The molecule has 0 bridgehead atoms. The van der Waals surface area contributed by atoms with Crippen LogP contribution in [-0.2, 0) is 13.1 Å². The fourth-order valence-electron chi connectivity index (χ4n) is 3.82. The van der Waals surface area contributed by atoms with Gasteiger partial charge < -0.3 is 9.13 Å². The minimum absolute atomic E-state index is 0.0577. The Morgan fingerprint density at radius 2 is 1.79 bits per heavy atom. The van der Waals surface area contributed by atoms with Crippen LogP contribution in [0.3, 0.4) is 0 Å². The Hall–Kier alpha value is -2.71. The van der Waals surface area contributed by atoms with Gasteiger partial charge in [0.25, 0.3) is 0 Å². The lowest BCUT2D eigenvalue weighted by Crippen LogP contribution is -2.19. The summed E-state index contributed by atoms with van der Waals surface area (Å²) in [5.41, 5.74) is 3.72. The summed E-state index contributed by atoms with van der Waals surface area (Å²) in [5, 5.41) is 1.21. The number of hydrogen-bond acceptors (Lipinski definition) is 3. The zero-order chi connectivity index (χ0) is 23.8. The van der Waals surface area contributed by atoms with E-state index in [4.69, 9.17) is 11.6 Å². The Morgan fingerprint density at radius 1 is 1.06 bits per heavy atom. The van der Waals surface area contributed by atoms with E-state index in [0.717, 1.165) is 21.2 Å². The smallest absolute Gasteiger partial charge is 0.339 e. The molecular formula is C24H21ClF3N3OS. The van der Waals surface area contributed by atoms with E-state index in [0.29, 0.717) is 33.7 Å². The molecule has 0 aliphatic rings. The number of thioether (sulfide) groups is 1. The highest BCUT2D eigenvalue weighted by Gasteiger charge is 2.30. The molecule has 4 aromatic rings. The maximum absolute atomic E-state index is 12.9. The third kappa shape index (κ3) is 5.28. The Bertz CT molecular complexity index is 1310. The van der Waals surface area contributed by atoms with E-state index in [-0.39, 0.29) is 11.5 Å². The van der Waals surface area contributed by atoms with E-state index >= 15 is 0 Å². The van der Waals surface area contributed by atoms with Crippen molar-refractivity contribution in [3.8, 4) is 0 Å². The van der Waals surface area contributed by atoms with Crippen molar-refractivity contribution in [2.75, 3.05) is 5.75 Å². The second-order valence-electron chi connectivity index (χ2n) is 7.80. The molecule has 172 valence electrons. The molecule has 0 fully saturated rings. The lowest BCUT2D eigenvalue weighted by molar-refractivity contribution is -0.141. The van der Waals surface area contributed by atoms with Crippen molar-refractivity contribution in [3.05, 3.63) is 82.1 Å². The van der Waals surface area contributed by atoms with Crippen molar-refractivity contribution in [2.45, 2.75) is 38.3 Å². The molecular weight excluding hydrogens is 471 g/mol. The highest BCUT2D eigenvalue weighted by Crippen LogP contribution is 2.29. The first-order chi connectivity index (χ1) is 15.6. The lowest BCUT2D eigenvalue weighted by atomic mass is 10.2. The van der Waals surface area contributed by atoms with E-state index in [1.54, 1.807) is 26.0 Å². The van der Waals surface area contributed by atoms with Gasteiger partial charge in [-0.25, -0.2) is 4.98 Å². The van der Waals surface area contributed by atoms with Crippen molar-refractivity contribution >= 4 is 40.2 Å². The number of nitrogens with zero attached hydrogens (tertiary/aromatic N) is 3. The number of aromatic nitrogens is 3. The number of ketones is 1. The van der Waals surface area contributed by atoms with E-state index in [9.17, 15) is 18.0 Å². The molecule has 0 amide bonds. The van der Waals surface area contributed by atoms with Crippen LogP contribution in [-0.4, -0.2) is 31.8 Å². The largest absolute Gasteiger partial charge is 0.406 e. The number of rotatable bonds is 7. The Balaban J connectivity index is 1.60. The number of hydrogen-bond donors (Lipinski definition) is 0. The molecule has 0 radical (unpaired) electrons. The number of imidazole rings is 1. The standard InChI is InChI=1S/C24H21ClF3N3OS/c1-15-10-19(16(2)31(15)14-24(26,27)28)22(32)13-33-23-29-20-11-18(25)8-9-21(20)30(23)12-17-6-4-3-5-7-17/h3-11H,12-14H2,1-2H3. The minimum atomic E-state index is -4.35. The summed E-state index contributed by atoms with van der Waals surface area (Å²) in [6.07, 6.45) is -4.35. The van der Waals surface area contributed by atoms with Crippen molar-refractivity contribution in [2.24, 2.45) is 0 Å². The molecule has 0 saturated heterocycles. The van der Waals surface area contributed by atoms with Gasteiger partial charge in [-0.05, 0) is 43.7 Å². The lowest BCUT2D eigenvalue weighted by Gasteiger charge is -2.12. The summed E-state index contributed by atoms with van der Waals surface area (Å²) in [7, 11) is 0. The zero-order valence-electron chi connectivity index (χ0n) is 18.0. The van der Waals surface area contributed by atoms with Gasteiger partial charge in [0, 0.05) is 22.0 Å². The van der Waals surface area contributed by atoms with Gasteiger partial charge >= 0.3 is 6.18 Å². The summed E-state index contributed by atoms with van der Waals surface area (Å²) in [6, 6.07) is 16.9. The fraction of sp³-hybridized carbons (Fsp3) is 0.250. The molecule has 0 unspecified atom stereocenters. The van der Waals surface area contributed by atoms with Gasteiger partial charge in [-0.2, -0.15) is 13.2 Å². The van der Waals surface area contributed by atoms with Gasteiger partial charge in [0.2, 0.25) is 0 Å². The molecule has 9 heteroatoms. The second kappa shape index (κ2) is 9.27. The third-order valence-electron chi connectivity index (χ3n) is 5.40. The van der Waals surface area contributed by atoms with Gasteiger partial charge in [-0.15, -0.1) is 0 Å². The summed E-state index contributed by atoms with van der Waals surface area (Å²) < 4.78 is 41.9. The van der Waals surface area contributed by atoms with Crippen LogP contribution in [0.5, 0.6) is 0 Å². The summed E-state index contributed by atoms with van der Waals surface area (Å²) in [5.74, 6) is -0.180. The number of aryl methyl sites for hydroxylation is 1. The first-order valence-electron chi connectivity index (χ1n) is 10.2. The number of fused-ring (bicyclic) bond motifs is 1. The zero-order valence-corrected chi connectivity index (χ0v) is 19.6.